The summed E-state index contributed by atoms with van der Waals surface area (Å²) in [6.45, 7) is 9.32. The van der Waals surface area contributed by atoms with Crippen LogP contribution in [0.25, 0.3) is 43.8 Å². The third-order valence-corrected chi connectivity index (χ3v) is 15.9. The van der Waals surface area contributed by atoms with E-state index in [-0.39, 0.29) is 10.8 Å². The Balaban J connectivity index is 0.929. The maximum absolute atomic E-state index is 6.82. The Morgan fingerprint density at radius 3 is 1.16 bits per heavy atom. The first-order valence-electron chi connectivity index (χ1n) is 25.2. The van der Waals surface area contributed by atoms with Gasteiger partial charge in [0.05, 0.1) is 22.7 Å². The van der Waals surface area contributed by atoms with E-state index in [4.69, 9.17) is 9.47 Å². The molecule has 0 aromatic heterocycles. The van der Waals surface area contributed by atoms with Crippen LogP contribution in [0.4, 0.5) is 34.1 Å². The first-order chi connectivity index (χ1) is 33.5. The standard InChI is InChI=1S/C64H56N2O2/c1-5-31-63(32-6-2)51-19-11-9-17-47(51)49-37-61-57(39-53(49)63)65(55-21-13-15-23-59(55)67-61)43-27-29-45-41(35-43)25-26-42-36-44(28-30-46(42)45)66-56-22-14-16-24-60(56)68-62-38-50-48-18-10-12-20-52(48)64(33-7-3,34-8-4)54(50)40-58(62)66/h9-30,35-40H,5-8,31-34H2,1-4H3. The van der Waals surface area contributed by atoms with E-state index in [2.05, 4.69) is 207 Å². The van der Waals surface area contributed by atoms with Gasteiger partial charge < -0.3 is 19.3 Å². The highest BCUT2D eigenvalue weighted by molar-refractivity contribution is 6.10. The summed E-state index contributed by atoms with van der Waals surface area (Å²) >= 11 is 0. The zero-order valence-corrected chi connectivity index (χ0v) is 39.5. The van der Waals surface area contributed by atoms with Crippen molar-refractivity contribution in [1.82, 2.24) is 0 Å². The van der Waals surface area contributed by atoms with Crippen molar-refractivity contribution < 1.29 is 9.47 Å². The summed E-state index contributed by atoms with van der Waals surface area (Å²) in [7, 11) is 0. The lowest BCUT2D eigenvalue weighted by atomic mass is 9.71. The molecule has 2 heterocycles. The fourth-order valence-electron chi connectivity index (χ4n) is 13.3. The SMILES string of the molecule is CCCC1(CCC)c2ccccc2-c2cc3c(cc21)N(c1ccc2c(ccc4cc(N5c6ccccc6Oc6cc7c(cc65)C(CCC)(CCC)c5ccccc5-7)ccc42)c1)c1ccccc1O3. The van der Waals surface area contributed by atoms with Crippen molar-refractivity contribution in [1.29, 1.82) is 0 Å². The van der Waals surface area contributed by atoms with Crippen LogP contribution in [0.1, 0.15) is 101 Å². The van der Waals surface area contributed by atoms with Gasteiger partial charge in [0.2, 0.25) is 0 Å². The number of nitrogens with zero attached hydrogens (tertiary/aromatic N) is 2. The van der Waals surface area contributed by atoms with Crippen molar-refractivity contribution in [2.75, 3.05) is 9.80 Å². The number of benzene rings is 9. The number of hydrogen-bond acceptors (Lipinski definition) is 4. The summed E-state index contributed by atoms with van der Waals surface area (Å²) in [4.78, 5) is 4.87. The highest BCUT2D eigenvalue weighted by Gasteiger charge is 2.45. The van der Waals surface area contributed by atoms with Crippen molar-refractivity contribution in [3.63, 3.8) is 0 Å². The molecule has 0 saturated carbocycles. The van der Waals surface area contributed by atoms with Crippen molar-refractivity contribution in [3.8, 4) is 45.3 Å². The molecule has 9 aromatic rings. The molecule has 9 aromatic carbocycles. The topological polar surface area (TPSA) is 24.9 Å². The van der Waals surface area contributed by atoms with Gasteiger partial charge in [0.15, 0.2) is 23.0 Å². The summed E-state index contributed by atoms with van der Waals surface area (Å²) in [5.74, 6) is 3.53. The van der Waals surface area contributed by atoms with Crippen molar-refractivity contribution >= 4 is 55.7 Å². The van der Waals surface area contributed by atoms with Crippen LogP contribution < -0.4 is 19.3 Å². The molecule has 13 rings (SSSR count). The molecule has 0 amide bonds. The maximum Gasteiger partial charge on any atom is 0.152 e. The van der Waals surface area contributed by atoms with Crippen LogP contribution in [0, 0.1) is 0 Å². The Kier molecular flexibility index (Phi) is 9.41. The molecule has 4 nitrogen and oxygen atoms in total. The lowest BCUT2D eigenvalue weighted by Crippen LogP contribution is -2.25. The molecule has 0 atom stereocenters. The third-order valence-electron chi connectivity index (χ3n) is 15.9. The smallest absolute Gasteiger partial charge is 0.152 e. The predicted molar refractivity (Wildman–Crippen MR) is 283 cm³/mol. The van der Waals surface area contributed by atoms with Crippen LogP contribution in [0.3, 0.4) is 0 Å². The Morgan fingerprint density at radius 1 is 0.338 bits per heavy atom. The molecule has 68 heavy (non-hydrogen) atoms. The molecule has 0 radical (unpaired) electrons. The molecular formula is C64H56N2O2. The second kappa shape index (κ2) is 15.6. The largest absolute Gasteiger partial charge is 0.453 e. The normalized spacial score (nSPS) is 15.1. The van der Waals surface area contributed by atoms with Gasteiger partial charge in [-0.3, -0.25) is 0 Å². The second-order valence-electron chi connectivity index (χ2n) is 19.7. The van der Waals surface area contributed by atoms with E-state index in [0.717, 1.165) is 108 Å². The minimum Gasteiger partial charge on any atom is -0.453 e. The fraction of sp³-hybridized carbons (Fsp3) is 0.219. The van der Waals surface area contributed by atoms with Gasteiger partial charge in [0.1, 0.15) is 0 Å². The molecule has 334 valence electrons. The van der Waals surface area contributed by atoms with Crippen LogP contribution >= 0.6 is 0 Å². The van der Waals surface area contributed by atoms with Gasteiger partial charge in [0.25, 0.3) is 0 Å². The van der Waals surface area contributed by atoms with Crippen LogP contribution in [-0.4, -0.2) is 0 Å². The molecule has 0 fully saturated rings. The van der Waals surface area contributed by atoms with E-state index in [1.54, 1.807) is 0 Å². The van der Waals surface area contributed by atoms with Gasteiger partial charge in [-0.15, -0.1) is 0 Å². The molecular weight excluding hydrogens is 829 g/mol. The monoisotopic (exact) mass is 884 g/mol. The summed E-state index contributed by atoms with van der Waals surface area (Å²) < 4.78 is 13.6. The minimum atomic E-state index is -0.0276. The first kappa shape index (κ1) is 40.9. The van der Waals surface area contributed by atoms with Gasteiger partial charge in [-0.25, -0.2) is 0 Å². The Hall–Kier alpha value is -7.30. The van der Waals surface area contributed by atoms with Crippen LogP contribution in [0.15, 0.2) is 170 Å². The van der Waals surface area contributed by atoms with E-state index in [1.807, 2.05) is 0 Å². The number of ether oxygens (including phenoxy) is 2. The summed E-state index contributed by atoms with van der Waals surface area (Å²) in [6.07, 6.45) is 8.95. The molecule has 0 bridgehead atoms. The van der Waals surface area contributed by atoms with E-state index in [0.29, 0.717) is 0 Å². The fourth-order valence-corrected chi connectivity index (χ4v) is 13.3. The lowest BCUT2D eigenvalue weighted by Gasteiger charge is -2.36. The maximum atomic E-state index is 6.82. The van der Waals surface area contributed by atoms with Crippen molar-refractivity contribution in [2.45, 2.75) is 89.9 Å². The first-order valence-corrected chi connectivity index (χ1v) is 25.2. The number of anilines is 6. The van der Waals surface area contributed by atoms with Crippen LogP contribution in [0.5, 0.6) is 23.0 Å². The average Bonchev–Trinajstić information content (AvgIpc) is 3.78. The molecule has 2 aliphatic carbocycles. The zero-order valence-electron chi connectivity index (χ0n) is 39.5. The second-order valence-corrected chi connectivity index (χ2v) is 19.7. The summed E-state index contributed by atoms with van der Waals surface area (Å²) in [5, 5.41) is 4.87. The number of rotatable bonds is 10. The predicted octanol–water partition coefficient (Wildman–Crippen LogP) is 18.9. The third kappa shape index (κ3) is 5.79. The van der Waals surface area contributed by atoms with E-state index in [9.17, 15) is 0 Å². The molecule has 0 saturated heterocycles. The molecule has 2 aliphatic heterocycles. The Labute approximate surface area is 400 Å². The van der Waals surface area contributed by atoms with Crippen LogP contribution in [-0.2, 0) is 10.8 Å². The number of para-hydroxylation sites is 4. The highest BCUT2D eigenvalue weighted by Crippen LogP contribution is 2.62. The van der Waals surface area contributed by atoms with Gasteiger partial charge in [-0.1, -0.05) is 150 Å². The molecule has 0 unspecified atom stereocenters. The number of fused-ring (bicyclic) bond motifs is 13. The van der Waals surface area contributed by atoms with Crippen molar-refractivity contribution in [2.24, 2.45) is 0 Å². The van der Waals surface area contributed by atoms with Gasteiger partial charge in [0, 0.05) is 22.2 Å². The van der Waals surface area contributed by atoms with E-state index in [1.165, 1.54) is 66.1 Å². The molecule has 0 N–H and O–H groups in total. The van der Waals surface area contributed by atoms with Gasteiger partial charge in [-0.2, -0.15) is 0 Å². The zero-order chi connectivity index (χ0) is 45.7. The van der Waals surface area contributed by atoms with Crippen molar-refractivity contribution in [3.05, 3.63) is 192 Å². The quantitative estimate of drug-likeness (QED) is 0.128. The number of hydrogen-bond donors (Lipinski definition) is 0. The van der Waals surface area contributed by atoms with Crippen LogP contribution in [0.2, 0.25) is 0 Å². The molecule has 0 spiro atoms. The Morgan fingerprint density at radius 2 is 0.735 bits per heavy atom. The minimum absolute atomic E-state index is 0.0276. The highest BCUT2D eigenvalue weighted by atomic mass is 16.5. The average molecular weight is 885 g/mol. The lowest BCUT2D eigenvalue weighted by molar-refractivity contribution is 0.434. The summed E-state index contributed by atoms with van der Waals surface area (Å²) in [6, 6.07) is 63.4. The van der Waals surface area contributed by atoms with E-state index < -0.39 is 0 Å². The molecule has 4 heteroatoms. The van der Waals surface area contributed by atoms with E-state index >= 15 is 0 Å². The van der Waals surface area contributed by atoms with Gasteiger partial charge >= 0.3 is 0 Å². The molecule has 4 aliphatic rings. The summed E-state index contributed by atoms with van der Waals surface area (Å²) in [5.41, 5.74) is 17.6. The van der Waals surface area contributed by atoms with Gasteiger partial charge in [-0.05, 0) is 165 Å². The Bertz CT molecular complexity index is 3270.